The van der Waals surface area contributed by atoms with Crippen molar-refractivity contribution in [3.8, 4) is 11.4 Å². The first kappa shape index (κ1) is 13.8. The van der Waals surface area contributed by atoms with Crippen LogP contribution >= 0.6 is 11.6 Å². The number of benzene rings is 2. The molecule has 0 saturated carbocycles. The van der Waals surface area contributed by atoms with E-state index >= 15 is 0 Å². The lowest BCUT2D eigenvalue weighted by atomic mass is 10.1. The van der Waals surface area contributed by atoms with Gasteiger partial charge in [0.1, 0.15) is 5.75 Å². The average Bonchev–Trinajstić information content (AvgIpc) is 2.92. The number of pyridine rings is 1. The van der Waals surface area contributed by atoms with Gasteiger partial charge in [-0.05, 0) is 24.3 Å². The quantitative estimate of drug-likeness (QED) is 0.613. The van der Waals surface area contributed by atoms with E-state index in [0.717, 1.165) is 11.1 Å². The molecule has 5 nitrogen and oxygen atoms in total. The maximum atomic E-state index is 12.6. The van der Waals surface area contributed by atoms with Gasteiger partial charge in [0.2, 0.25) is 0 Å². The second kappa shape index (κ2) is 5.14. The summed E-state index contributed by atoms with van der Waals surface area (Å²) >= 11 is 6.14. The molecular formula is C17H12ClN3O2. The third kappa shape index (κ3) is 2.09. The molecular weight excluding hydrogens is 314 g/mol. The van der Waals surface area contributed by atoms with Gasteiger partial charge in [0.25, 0.3) is 5.56 Å². The topological polar surface area (TPSA) is 59.9 Å². The molecule has 114 valence electrons. The molecule has 23 heavy (non-hydrogen) atoms. The fourth-order valence-corrected chi connectivity index (χ4v) is 2.91. The largest absolute Gasteiger partial charge is 0.495 e. The van der Waals surface area contributed by atoms with Crippen LogP contribution in [-0.4, -0.2) is 21.9 Å². The molecule has 0 spiro atoms. The molecule has 0 unspecified atom stereocenters. The van der Waals surface area contributed by atoms with Gasteiger partial charge in [0, 0.05) is 11.6 Å². The van der Waals surface area contributed by atoms with Crippen LogP contribution in [0.2, 0.25) is 5.02 Å². The van der Waals surface area contributed by atoms with E-state index in [4.69, 9.17) is 16.3 Å². The van der Waals surface area contributed by atoms with Gasteiger partial charge in [-0.1, -0.05) is 29.8 Å². The number of rotatable bonds is 2. The number of nitrogens with one attached hydrogen (secondary N) is 1. The minimum atomic E-state index is -0.144. The molecule has 0 fully saturated rings. The standard InChI is InChI=1S/C17H12ClN3O2/c1-23-15-7-11-14(8-13(15)18)19-9-12-16(11)20-21(17(12)22)10-5-3-2-4-6-10/h2-9,20H,1H3. The molecule has 0 atom stereocenters. The molecule has 4 rings (SSSR count). The Labute approximate surface area is 136 Å². The molecule has 0 saturated heterocycles. The average molecular weight is 326 g/mol. The minimum Gasteiger partial charge on any atom is -0.495 e. The zero-order chi connectivity index (χ0) is 16.0. The number of fused-ring (bicyclic) bond motifs is 3. The molecule has 6 heteroatoms. The zero-order valence-electron chi connectivity index (χ0n) is 12.2. The number of halogens is 1. The van der Waals surface area contributed by atoms with Gasteiger partial charge in [-0.2, -0.15) is 0 Å². The summed E-state index contributed by atoms with van der Waals surface area (Å²) in [5.74, 6) is 0.543. The number of para-hydroxylation sites is 1. The molecule has 4 aromatic rings. The van der Waals surface area contributed by atoms with Crippen LogP contribution < -0.4 is 10.3 Å². The zero-order valence-corrected chi connectivity index (χ0v) is 13.0. The summed E-state index contributed by atoms with van der Waals surface area (Å²) in [5.41, 5.74) is 2.03. The first-order valence-corrected chi connectivity index (χ1v) is 7.39. The Kier molecular flexibility index (Phi) is 3.09. The van der Waals surface area contributed by atoms with Crippen LogP contribution in [0.4, 0.5) is 0 Å². The lowest BCUT2D eigenvalue weighted by Gasteiger charge is -2.05. The van der Waals surface area contributed by atoms with Crippen molar-refractivity contribution in [1.29, 1.82) is 0 Å². The summed E-state index contributed by atoms with van der Waals surface area (Å²) in [6.45, 7) is 0. The third-order valence-electron chi connectivity index (χ3n) is 3.81. The minimum absolute atomic E-state index is 0.144. The summed E-state index contributed by atoms with van der Waals surface area (Å²) in [6, 6.07) is 12.9. The highest BCUT2D eigenvalue weighted by molar-refractivity contribution is 6.33. The van der Waals surface area contributed by atoms with Gasteiger partial charge in [-0.25, -0.2) is 4.68 Å². The molecule has 0 radical (unpaired) electrons. The van der Waals surface area contributed by atoms with Crippen molar-refractivity contribution in [2.75, 3.05) is 7.11 Å². The SMILES string of the molecule is COc1cc2c(cc1Cl)ncc1c(=O)n(-c3ccccc3)[nH]c12. The number of aromatic amines is 1. The van der Waals surface area contributed by atoms with E-state index in [-0.39, 0.29) is 5.56 Å². The second-order valence-corrected chi connectivity index (χ2v) is 5.55. The highest BCUT2D eigenvalue weighted by atomic mass is 35.5. The van der Waals surface area contributed by atoms with E-state index in [1.807, 2.05) is 30.3 Å². The Morgan fingerprint density at radius 1 is 1.17 bits per heavy atom. The molecule has 0 bridgehead atoms. The van der Waals surface area contributed by atoms with Crippen molar-refractivity contribution >= 4 is 33.4 Å². The Hall–Kier alpha value is -2.79. The number of hydrogen-bond donors (Lipinski definition) is 1. The van der Waals surface area contributed by atoms with E-state index in [9.17, 15) is 4.79 Å². The van der Waals surface area contributed by atoms with Crippen molar-refractivity contribution in [3.05, 3.63) is 64.0 Å². The first-order valence-electron chi connectivity index (χ1n) is 7.01. The maximum absolute atomic E-state index is 12.6. The van der Waals surface area contributed by atoms with Gasteiger partial charge in [-0.3, -0.25) is 14.9 Å². The van der Waals surface area contributed by atoms with E-state index in [0.29, 0.717) is 27.2 Å². The van der Waals surface area contributed by atoms with E-state index in [1.54, 1.807) is 25.4 Å². The summed E-state index contributed by atoms with van der Waals surface area (Å²) < 4.78 is 6.77. The van der Waals surface area contributed by atoms with Crippen LogP contribution in [-0.2, 0) is 0 Å². The third-order valence-corrected chi connectivity index (χ3v) is 4.11. The number of ether oxygens (including phenoxy) is 1. The fraction of sp³-hybridized carbons (Fsp3) is 0.0588. The predicted molar refractivity (Wildman–Crippen MR) is 90.8 cm³/mol. The summed E-state index contributed by atoms with van der Waals surface area (Å²) in [6.07, 6.45) is 1.57. The number of aromatic nitrogens is 3. The van der Waals surface area contributed by atoms with E-state index < -0.39 is 0 Å². The van der Waals surface area contributed by atoms with Crippen LogP contribution in [0.15, 0.2) is 53.5 Å². The van der Waals surface area contributed by atoms with Crippen molar-refractivity contribution in [2.45, 2.75) is 0 Å². The van der Waals surface area contributed by atoms with Gasteiger partial charge in [0.15, 0.2) is 0 Å². The van der Waals surface area contributed by atoms with Crippen LogP contribution in [0.5, 0.6) is 5.75 Å². The van der Waals surface area contributed by atoms with Gasteiger partial charge >= 0.3 is 0 Å². The normalized spacial score (nSPS) is 11.2. The Balaban J connectivity index is 2.09. The fourth-order valence-electron chi connectivity index (χ4n) is 2.67. The number of hydrogen-bond acceptors (Lipinski definition) is 3. The van der Waals surface area contributed by atoms with Crippen LogP contribution in [0.25, 0.3) is 27.5 Å². The molecule has 0 aliphatic heterocycles. The van der Waals surface area contributed by atoms with Crippen molar-refractivity contribution in [2.24, 2.45) is 0 Å². The summed E-state index contributed by atoms with van der Waals surface area (Å²) in [4.78, 5) is 17.0. The van der Waals surface area contributed by atoms with Crippen LogP contribution in [0.1, 0.15) is 0 Å². The molecule has 2 aromatic heterocycles. The van der Waals surface area contributed by atoms with Gasteiger partial charge in [0.05, 0.1) is 34.2 Å². The van der Waals surface area contributed by atoms with Gasteiger partial charge < -0.3 is 4.74 Å². The Morgan fingerprint density at radius 2 is 1.96 bits per heavy atom. The predicted octanol–water partition coefficient (Wildman–Crippen LogP) is 3.53. The molecule has 0 aliphatic rings. The van der Waals surface area contributed by atoms with Crippen molar-refractivity contribution in [3.63, 3.8) is 0 Å². The molecule has 0 amide bonds. The lowest BCUT2D eigenvalue weighted by Crippen LogP contribution is -2.13. The van der Waals surface area contributed by atoms with Gasteiger partial charge in [-0.15, -0.1) is 0 Å². The number of methoxy groups -OCH3 is 1. The highest BCUT2D eigenvalue weighted by Crippen LogP contribution is 2.31. The molecule has 2 aromatic carbocycles. The van der Waals surface area contributed by atoms with Crippen LogP contribution in [0, 0.1) is 0 Å². The maximum Gasteiger partial charge on any atom is 0.280 e. The highest BCUT2D eigenvalue weighted by Gasteiger charge is 2.14. The Bertz CT molecular complexity index is 1080. The molecule has 1 N–H and O–H groups in total. The lowest BCUT2D eigenvalue weighted by molar-refractivity contribution is 0.415. The summed E-state index contributed by atoms with van der Waals surface area (Å²) in [7, 11) is 1.55. The van der Waals surface area contributed by atoms with Crippen LogP contribution in [0.3, 0.4) is 0 Å². The molecule has 2 heterocycles. The Morgan fingerprint density at radius 3 is 2.70 bits per heavy atom. The summed E-state index contributed by atoms with van der Waals surface area (Å²) in [5, 5.41) is 4.95. The number of H-pyrrole nitrogens is 1. The van der Waals surface area contributed by atoms with Crippen molar-refractivity contribution < 1.29 is 4.74 Å². The van der Waals surface area contributed by atoms with E-state index in [1.165, 1.54) is 4.68 Å². The van der Waals surface area contributed by atoms with Crippen molar-refractivity contribution in [1.82, 2.24) is 14.8 Å². The number of nitrogens with zero attached hydrogens (tertiary/aromatic N) is 2. The first-order chi connectivity index (χ1) is 11.2. The smallest absolute Gasteiger partial charge is 0.280 e. The monoisotopic (exact) mass is 325 g/mol. The molecule has 0 aliphatic carbocycles. The second-order valence-electron chi connectivity index (χ2n) is 5.14. The van der Waals surface area contributed by atoms with E-state index in [2.05, 4.69) is 10.1 Å².